The number of carbonyl (C=O) groups excluding carboxylic acids is 2. The van der Waals surface area contributed by atoms with Gasteiger partial charge in [0, 0.05) is 5.56 Å². The summed E-state index contributed by atoms with van der Waals surface area (Å²) in [6.07, 6.45) is 0.398. The normalized spacial score (nSPS) is 10.4. The largest absolute Gasteiger partial charge is 0.495 e. The molecule has 144 valence electrons. The molecule has 2 aromatic carbocycles. The maximum Gasteiger partial charge on any atom is 0.248 e. The highest BCUT2D eigenvalue weighted by atomic mass is 32.2. The summed E-state index contributed by atoms with van der Waals surface area (Å²) in [7, 11) is 1.60. The molecule has 0 fully saturated rings. The molecule has 0 radical (unpaired) electrons. The number of methoxy groups -OCH3 is 1. The number of ether oxygens (including phenoxy) is 1. The van der Waals surface area contributed by atoms with Crippen molar-refractivity contribution in [3.63, 3.8) is 0 Å². The van der Waals surface area contributed by atoms with E-state index in [1.807, 2.05) is 60.0 Å². The maximum absolute atomic E-state index is 11.8. The number of aromatic nitrogens is 3. The summed E-state index contributed by atoms with van der Waals surface area (Å²) in [6.45, 7) is 2.02. The molecular formula is C19H19N5O3S. The van der Waals surface area contributed by atoms with Crippen LogP contribution in [-0.4, -0.2) is 39.9 Å². The molecule has 0 aliphatic rings. The minimum atomic E-state index is -0.358. The van der Waals surface area contributed by atoms with Crippen LogP contribution in [0.4, 0.5) is 0 Å². The lowest BCUT2D eigenvalue weighted by molar-refractivity contribution is -0.122. The Morgan fingerprint density at radius 2 is 1.93 bits per heavy atom. The van der Waals surface area contributed by atoms with E-state index in [9.17, 15) is 9.59 Å². The van der Waals surface area contributed by atoms with Crippen molar-refractivity contribution in [1.82, 2.24) is 25.6 Å². The van der Waals surface area contributed by atoms with Gasteiger partial charge in [-0.2, -0.15) is 0 Å². The quantitative estimate of drug-likeness (QED) is 0.343. The molecule has 8 nitrogen and oxygen atoms in total. The first-order chi connectivity index (χ1) is 13.6. The van der Waals surface area contributed by atoms with Crippen molar-refractivity contribution in [3.05, 3.63) is 54.1 Å². The van der Waals surface area contributed by atoms with Crippen molar-refractivity contribution in [2.45, 2.75) is 12.1 Å². The number of benzene rings is 2. The third-order valence-corrected chi connectivity index (χ3v) is 4.80. The van der Waals surface area contributed by atoms with Crippen molar-refractivity contribution < 1.29 is 14.3 Å². The average Bonchev–Trinajstić information content (AvgIpc) is 3.14. The Morgan fingerprint density at radius 3 is 2.64 bits per heavy atom. The van der Waals surface area contributed by atoms with Gasteiger partial charge in [-0.15, -0.1) is 10.2 Å². The van der Waals surface area contributed by atoms with E-state index in [1.54, 1.807) is 7.11 Å². The topological polar surface area (TPSA) is 98.1 Å². The van der Waals surface area contributed by atoms with E-state index in [0.717, 1.165) is 16.8 Å². The van der Waals surface area contributed by atoms with E-state index in [0.29, 0.717) is 23.1 Å². The van der Waals surface area contributed by atoms with Gasteiger partial charge in [0.05, 0.1) is 18.6 Å². The second-order valence-corrected chi connectivity index (χ2v) is 6.72. The first-order valence-corrected chi connectivity index (χ1v) is 9.39. The third kappa shape index (κ3) is 4.32. The van der Waals surface area contributed by atoms with Gasteiger partial charge in [0.25, 0.3) is 0 Å². The Morgan fingerprint density at radius 1 is 1.18 bits per heavy atom. The molecule has 0 aliphatic carbocycles. The molecule has 0 saturated carbocycles. The SMILES string of the molecule is COc1ccccc1-n1c(SCC(=O)NNC=O)nnc1-c1ccc(C)cc1. The van der Waals surface area contributed by atoms with Crippen LogP contribution in [0.5, 0.6) is 5.75 Å². The van der Waals surface area contributed by atoms with Crippen LogP contribution in [0.2, 0.25) is 0 Å². The molecule has 0 spiro atoms. The van der Waals surface area contributed by atoms with Crippen LogP contribution in [0.25, 0.3) is 17.1 Å². The van der Waals surface area contributed by atoms with Crippen LogP contribution in [0.1, 0.15) is 5.56 Å². The minimum Gasteiger partial charge on any atom is -0.495 e. The number of hydrogen-bond donors (Lipinski definition) is 2. The van der Waals surface area contributed by atoms with E-state index < -0.39 is 0 Å². The zero-order chi connectivity index (χ0) is 19.9. The fourth-order valence-corrected chi connectivity index (χ4v) is 3.31. The number of aryl methyl sites for hydroxylation is 1. The third-order valence-electron chi connectivity index (χ3n) is 3.87. The van der Waals surface area contributed by atoms with E-state index in [2.05, 4.69) is 21.0 Å². The Balaban J connectivity index is 2.01. The summed E-state index contributed by atoms with van der Waals surface area (Å²) in [6, 6.07) is 15.5. The molecule has 9 heteroatoms. The highest BCUT2D eigenvalue weighted by Crippen LogP contribution is 2.32. The number of para-hydroxylation sites is 2. The second kappa shape index (κ2) is 9.05. The second-order valence-electron chi connectivity index (χ2n) is 5.78. The van der Waals surface area contributed by atoms with Gasteiger partial charge in [0.1, 0.15) is 5.75 Å². The Labute approximate surface area is 166 Å². The molecule has 3 rings (SSSR count). The van der Waals surface area contributed by atoms with Crippen LogP contribution in [-0.2, 0) is 9.59 Å². The van der Waals surface area contributed by atoms with Gasteiger partial charge in [-0.05, 0) is 19.1 Å². The van der Waals surface area contributed by atoms with Crippen LogP contribution >= 0.6 is 11.8 Å². The van der Waals surface area contributed by atoms with Crippen LogP contribution in [0.15, 0.2) is 53.7 Å². The average molecular weight is 397 g/mol. The van der Waals surface area contributed by atoms with Crippen molar-refractivity contribution in [3.8, 4) is 22.8 Å². The smallest absolute Gasteiger partial charge is 0.248 e. The fraction of sp³-hybridized carbons (Fsp3) is 0.158. The summed E-state index contributed by atoms with van der Waals surface area (Å²) >= 11 is 1.20. The molecule has 2 N–H and O–H groups in total. The number of nitrogens with one attached hydrogen (secondary N) is 2. The zero-order valence-electron chi connectivity index (χ0n) is 15.4. The Bertz CT molecular complexity index is 972. The molecule has 0 saturated heterocycles. The van der Waals surface area contributed by atoms with E-state index in [-0.39, 0.29) is 11.7 Å². The van der Waals surface area contributed by atoms with Crippen LogP contribution < -0.4 is 15.6 Å². The molecule has 0 bridgehead atoms. The number of hydrogen-bond acceptors (Lipinski definition) is 6. The van der Waals surface area contributed by atoms with Gasteiger partial charge >= 0.3 is 0 Å². The van der Waals surface area contributed by atoms with Crippen molar-refractivity contribution in [1.29, 1.82) is 0 Å². The number of hydrazine groups is 1. The molecule has 3 aromatic rings. The van der Waals surface area contributed by atoms with Crippen molar-refractivity contribution >= 4 is 24.1 Å². The lowest BCUT2D eigenvalue weighted by Gasteiger charge is -2.14. The molecule has 2 amide bonds. The van der Waals surface area contributed by atoms with Gasteiger partial charge in [-0.3, -0.25) is 25.0 Å². The lowest BCUT2D eigenvalue weighted by Crippen LogP contribution is -2.37. The molecular weight excluding hydrogens is 378 g/mol. The highest BCUT2D eigenvalue weighted by Gasteiger charge is 2.19. The Hall–Kier alpha value is -3.33. The van der Waals surface area contributed by atoms with E-state index >= 15 is 0 Å². The van der Waals surface area contributed by atoms with Gasteiger partial charge in [0.2, 0.25) is 12.3 Å². The minimum absolute atomic E-state index is 0.0576. The molecule has 0 atom stereocenters. The number of nitrogens with zero attached hydrogens (tertiary/aromatic N) is 3. The van der Waals surface area contributed by atoms with E-state index in [1.165, 1.54) is 11.8 Å². The molecule has 1 heterocycles. The highest BCUT2D eigenvalue weighted by molar-refractivity contribution is 7.99. The zero-order valence-corrected chi connectivity index (χ0v) is 16.2. The lowest BCUT2D eigenvalue weighted by atomic mass is 10.1. The summed E-state index contributed by atoms with van der Waals surface area (Å²) in [5.74, 6) is 0.994. The molecule has 0 unspecified atom stereocenters. The first-order valence-electron chi connectivity index (χ1n) is 8.40. The Kier molecular flexibility index (Phi) is 6.28. The first kappa shape index (κ1) is 19.4. The molecule has 28 heavy (non-hydrogen) atoms. The van der Waals surface area contributed by atoms with E-state index in [4.69, 9.17) is 4.74 Å². The molecule has 0 aliphatic heterocycles. The summed E-state index contributed by atoms with van der Waals surface area (Å²) in [4.78, 5) is 22.1. The summed E-state index contributed by atoms with van der Waals surface area (Å²) < 4.78 is 7.35. The predicted molar refractivity (Wildman–Crippen MR) is 106 cm³/mol. The number of thioether (sulfide) groups is 1. The van der Waals surface area contributed by atoms with Gasteiger partial charge in [-0.1, -0.05) is 53.7 Å². The number of rotatable bonds is 8. The summed E-state index contributed by atoms with van der Waals surface area (Å²) in [5.41, 5.74) is 7.19. The van der Waals surface area contributed by atoms with Crippen molar-refractivity contribution in [2.24, 2.45) is 0 Å². The van der Waals surface area contributed by atoms with Gasteiger partial charge in [0.15, 0.2) is 11.0 Å². The maximum atomic E-state index is 11.8. The molecule has 1 aromatic heterocycles. The summed E-state index contributed by atoms with van der Waals surface area (Å²) in [5, 5.41) is 9.14. The van der Waals surface area contributed by atoms with Gasteiger partial charge < -0.3 is 4.74 Å². The monoisotopic (exact) mass is 397 g/mol. The van der Waals surface area contributed by atoms with Crippen LogP contribution in [0.3, 0.4) is 0 Å². The van der Waals surface area contributed by atoms with Gasteiger partial charge in [-0.25, -0.2) is 0 Å². The van der Waals surface area contributed by atoms with Crippen molar-refractivity contribution in [2.75, 3.05) is 12.9 Å². The number of amides is 2. The standard InChI is InChI=1S/C19H19N5O3S/c1-13-7-9-14(10-8-13)18-22-23-19(28-11-17(26)21-20-12-25)24(18)15-5-3-4-6-16(15)27-2/h3-10,12H,11H2,1-2H3,(H,20,25)(H,21,26). The fourth-order valence-electron chi connectivity index (χ4n) is 2.56. The predicted octanol–water partition coefficient (Wildman–Crippen LogP) is 2.12. The number of carbonyl (C=O) groups is 2. The van der Waals surface area contributed by atoms with Crippen LogP contribution in [0, 0.1) is 6.92 Å².